The van der Waals surface area contributed by atoms with E-state index >= 15 is 4.39 Å². The maximum absolute atomic E-state index is 16.8. The number of rotatable bonds is 5. The van der Waals surface area contributed by atoms with E-state index < -0.39 is 5.82 Å². The summed E-state index contributed by atoms with van der Waals surface area (Å²) in [6.45, 7) is 4.63. The smallest absolute Gasteiger partial charge is 0.319 e. The van der Waals surface area contributed by atoms with E-state index in [-0.39, 0.29) is 29.3 Å². The van der Waals surface area contributed by atoms with Gasteiger partial charge in [0.25, 0.3) is 0 Å². The molecule has 6 heterocycles. The van der Waals surface area contributed by atoms with Crippen LogP contribution in [0.1, 0.15) is 44.1 Å². The maximum atomic E-state index is 16.8. The number of benzene rings is 2. The van der Waals surface area contributed by atoms with Crippen molar-refractivity contribution >= 4 is 27.5 Å². The lowest BCUT2D eigenvalue weighted by Gasteiger charge is -2.34. The van der Waals surface area contributed by atoms with Crippen LogP contribution in [-0.4, -0.2) is 76.8 Å². The molecule has 9 heteroatoms. The molecule has 2 atom stereocenters. The van der Waals surface area contributed by atoms with Crippen LogP contribution in [0.3, 0.4) is 0 Å². The van der Waals surface area contributed by atoms with Crippen LogP contribution in [0, 0.1) is 17.7 Å². The second-order valence-electron chi connectivity index (χ2n) is 12.5. The molecule has 0 spiro atoms. The van der Waals surface area contributed by atoms with Gasteiger partial charge in [-0.3, -0.25) is 9.88 Å². The number of piperazine rings is 1. The second kappa shape index (κ2) is 10.7. The van der Waals surface area contributed by atoms with E-state index in [2.05, 4.69) is 27.0 Å². The molecular formula is C34H36FN7O. The van der Waals surface area contributed by atoms with Crippen LogP contribution < -0.4 is 20.7 Å². The van der Waals surface area contributed by atoms with E-state index in [0.29, 0.717) is 35.5 Å². The molecule has 4 aromatic rings. The van der Waals surface area contributed by atoms with Crippen molar-refractivity contribution in [2.45, 2.75) is 56.1 Å². The summed E-state index contributed by atoms with van der Waals surface area (Å²) >= 11 is 0. The number of fused-ring (bicyclic) bond motifs is 5. The third-order valence-electron chi connectivity index (χ3n) is 9.93. The average Bonchev–Trinajstić information content (AvgIpc) is 3.72. The molecule has 8 nitrogen and oxygen atoms in total. The van der Waals surface area contributed by atoms with Gasteiger partial charge in [0.05, 0.1) is 17.5 Å². The molecule has 2 aromatic carbocycles. The van der Waals surface area contributed by atoms with Crippen LogP contribution >= 0.6 is 0 Å². The summed E-state index contributed by atoms with van der Waals surface area (Å²) in [5, 5.41) is 6.11. The summed E-state index contributed by atoms with van der Waals surface area (Å²) in [5.41, 5.74) is 7.67. The van der Waals surface area contributed by atoms with Gasteiger partial charge in [0, 0.05) is 47.9 Å². The van der Waals surface area contributed by atoms with Crippen LogP contribution in [0.5, 0.6) is 6.01 Å². The van der Waals surface area contributed by atoms with Crippen molar-refractivity contribution < 1.29 is 9.13 Å². The summed E-state index contributed by atoms with van der Waals surface area (Å²) in [7, 11) is 0. The fraction of sp³-hybridized carbons (Fsp3) is 0.441. The highest BCUT2D eigenvalue weighted by atomic mass is 19.1. The number of hydrogen-bond acceptors (Lipinski definition) is 8. The van der Waals surface area contributed by atoms with Crippen molar-refractivity contribution in [3.8, 4) is 29.1 Å². The Morgan fingerprint density at radius 1 is 1.05 bits per heavy atom. The van der Waals surface area contributed by atoms with Gasteiger partial charge in [-0.25, -0.2) is 4.39 Å². The first-order valence-electron chi connectivity index (χ1n) is 15.6. The van der Waals surface area contributed by atoms with Gasteiger partial charge >= 0.3 is 6.01 Å². The summed E-state index contributed by atoms with van der Waals surface area (Å²) in [5.74, 6) is 6.34. The van der Waals surface area contributed by atoms with Gasteiger partial charge in [-0.05, 0) is 63.1 Å². The Balaban J connectivity index is 1.26. The number of ether oxygens (including phenoxy) is 1. The summed E-state index contributed by atoms with van der Waals surface area (Å²) in [6, 6.07) is 12.8. The Kier molecular flexibility index (Phi) is 6.66. The molecule has 2 bridgehead atoms. The monoisotopic (exact) mass is 577 g/mol. The van der Waals surface area contributed by atoms with Crippen molar-refractivity contribution in [3.05, 3.63) is 54.0 Å². The molecule has 4 fully saturated rings. The predicted octanol–water partition coefficient (Wildman–Crippen LogP) is 4.24. The summed E-state index contributed by atoms with van der Waals surface area (Å²) in [4.78, 5) is 19.2. The molecule has 220 valence electrons. The number of halogens is 1. The Morgan fingerprint density at radius 2 is 1.81 bits per heavy atom. The number of anilines is 1. The van der Waals surface area contributed by atoms with Gasteiger partial charge in [-0.1, -0.05) is 42.2 Å². The Labute approximate surface area is 250 Å². The molecule has 0 amide bonds. The number of nitrogens with one attached hydrogen (secondary N) is 1. The predicted molar refractivity (Wildman–Crippen MR) is 167 cm³/mol. The molecule has 2 unspecified atom stereocenters. The van der Waals surface area contributed by atoms with Gasteiger partial charge in [0.1, 0.15) is 23.6 Å². The fourth-order valence-corrected chi connectivity index (χ4v) is 7.93. The van der Waals surface area contributed by atoms with Crippen LogP contribution in [0.15, 0.2) is 42.6 Å². The first kappa shape index (κ1) is 26.8. The lowest BCUT2D eigenvalue weighted by Crippen LogP contribution is -2.51. The molecule has 4 saturated heterocycles. The number of pyridine rings is 1. The standard InChI is InChI=1S/C34H36FN7O/c35-29-30(26-10-2-8-22-6-1-7-23(28(22)26)9-3-15-36)37-18-27-31(29)39-33(43-21-34-13-4-16-42(34)17-5-14-34)40-32(27)41-19-24-11-12-25(20-41)38-24/h1-2,6-8,10,18,24-25,38H,4-5,11-17,19-21,36H2. The molecule has 0 radical (unpaired) electrons. The van der Waals surface area contributed by atoms with Crippen LogP contribution in [0.2, 0.25) is 0 Å². The molecule has 0 aliphatic carbocycles. The van der Waals surface area contributed by atoms with E-state index in [0.717, 1.165) is 68.2 Å². The first-order valence-corrected chi connectivity index (χ1v) is 15.6. The van der Waals surface area contributed by atoms with Gasteiger partial charge < -0.3 is 20.7 Å². The van der Waals surface area contributed by atoms with Gasteiger partial charge in [-0.2, -0.15) is 9.97 Å². The van der Waals surface area contributed by atoms with E-state index in [4.69, 9.17) is 25.4 Å². The van der Waals surface area contributed by atoms with Crippen LogP contribution in [0.4, 0.5) is 10.2 Å². The van der Waals surface area contributed by atoms with E-state index in [1.807, 2.05) is 36.4 Å². The zero-order chi connectivity index (χ0) is 29.0. The molecule has 8 rings (SSSR count). The fourth-order valence-electron chi connectivity index (χ4n) is 7.93. The third-order valence-corrected chi connectivity index (χ3v) is 9.93. The largest absolute Gasteiger partial charge is 0.461 e. The van der Waals surface area contributed by atoms with Crippen molar-refractivity contribution in [3.63, 3.8) is 0 Å². The van der Waals surface area contributed by atoms with Crippen LogP contribution in [-0.2, 0) is 0 Å². The zero-order valence-corrected chi connectivity index (χ0v) is 24.3. The van der Waals surface area contributed by atoms with E-state index in [9.17, 15) is 0 Å². The number of nitrogens with two attached hydrogens (primary N) is 1. The highest BCUT2D eigenvalue weighted by Gasteiger charge is 2.45. The van der Waals surface area contributed by atoms with E-state index in [1.54, 1.807) is 6.20 Å². The lowest BCUT2D eigenvalue weighted by atomic mass is 9.95. The summed E-state index contributed by atoms with van der Waals surface area (Å²) < 4.78 is 23.2. The molecule has 0 saturated carbocycles. The SMILES string of the molecule is NCC#Cc1cccc2cccc(-c3ncc4c(N5CC6CCC(C5)N6)nc(OCC56CCCN5CCC6)nc4c3F)c12. The minimum atomic E-state index is -0.472. The summed E-state index contributed by atoms with van der Waals surface area (Å²) in [6.07, 6.45) is 8.61. The molecule has 3 N–H and O–H groups in total. The molecule has 2 aromatic heterocycles. The number of aromatic nitrogens is 3. The quantitative estimate of drug-likeness (QED) is 0.341. The maximum Gasteiger partial charge on any atom is 0.319 e. The van der Waals surface area contributed by atoms with Crippen molar-refractivity contribution in [2.24, 2.45) is 5.73 Å². The number of nitrogens with zero attached hydrogens (tertiary/aromatic N) is 5. The minimum Gasteiger partial charge on any atom is -0.461 e. The normalized spacial score (nSPS) is 22.6. The second-order valence-corrected chi connectivity index (χ2v) is 12.5. The Morgan fingerprint density at radius 3 is 2.58 bits per heavy atom. The highest BCUT2D eigenvalue weighted by molar-refractivity contribution is 6.02. The Bertz CT molecular complexity index is 1750. The molecule has 4 aliphatic rings. The van der Waals surface area contributed by atoms with Crippen molar-refractivity contribution in [2.75, 3.05) is 44.2 Å². The molecule has 43 heavy (non-hydrogen) atoms. The van der Waals surface area contributed by atoms with Crippen molar-refractivity contribution in [1.82, 2.24) is 25.2 Å². The lowest BCUT2D eigenvalue weighted by molar-refractivity contribution is 0.108. The first-order chi connectivity index (χ1) is 21.1. The highest BCUT2D eigenvalue weighted by Crippen LogP contribution is 2.40. The zero-order valence-electron chi connectivity index (χ0n) is 24.3. The van der Waals surface area contributed by atoms with Gasteiger partial charge in [0.15, 0.2) is 5.82 Å². The topological polar surface area (TPSA) is 92.4 Å². The van der Waals surface area contributed by atoms with Gasteiger partial charge in [-0.15, -0.1) is 0 Å². The van der Waals surface area contributed by atoms with Crippen molar-refractivity contribution in [1.29, 1.82) is 0 Å². The Hall–Kier alpha value is -3.84. The van der Waals surface area contributed by atoms with E-state index in [1.165, 1.54) is 12.8 Å². The average molecular weight is 578 g/mol. The number of hydrogen-bond donors (Lipinski definition) is 2. The molecular weight excluding hydrogens is 541 g/mol. The molecule has 4 aliphatic heterocycles. The minimum absolute atomic E-state index is 0.0402. The van der Waals surface area contributed by atoms with Crippen LogP contribution in [0.25, 0.3) is 32.9 Å². The third kappa shape index (κ3) is 4.60. The van der Waals surface area contributed by atoms with Gasteiger partial charge in [0.2, 0.25) is 0 Å².